The smallest absolute Gasteiger partial charge is 0.136 e. The van der Waals surface area contributed by atoms with E-state index in [1.165, 1.54) is 3.57 Å². The first-order valence-electron chi connectivity index (χ1n) is 6.86. The van der Waals surface area contributed by atoms with Crippen LogP contribution in [0.4, 0.5) is 17.3 Å². The number of halogens is 1. The largest absolute Gasteiger partial charge is 0.370 e. The maximum Gasteiger partial charge on any atom is 0.136 e. The van der Waals surface area contributed by atoms with E-state index in [-0.39, 0.29) is 0 Å². The Balaban J connectivity index is 2.24. The van der Waals surface area contributed by atoms with Gasteiger partial charge in [0.15, 0.2) is 0 Å². The Morgan fingerprint density at radius 3 is 2.55 bits per heavy atom. The molecule has 0 atom stereocenters. The van der Waals surface area contributed by atoms with E-state index >= 15 is 0 Å². The van der Waals surface area contributed by atoms with Crippen LogP contribution in [0.25, 0.3) is 0 Å². The van der Waals surface area contributed by atoms with Gasteiger partial charge in [-0.1, -0.05) is 26.0 Å². The van der Waals surface area contributed by atoms with E-state index in [4.69, 9.17) is 0 Å². The quantitative estimate of drug-likeness (QED) is 0.735. The van der Waals surface area contributed by atoms with Crippen molar-refractivity contribution in [1.82, 2.24) is 9.97 Å². The molecule has 0 saturated carbocycles. The zero-order valence-electron chi connectivity index (χ0n) is 11.8. The maximum absolute atomic E-state index is 4.53. The van der Waals surface area contributed by atoms with Gasteiger partial charge < -0.3 is 10.6 Å². The second kappa shape index (κ2) is 7.42. The lowest BCUT2D eigenvalue weighted by molar-refractivity contribution is 0.919. The monoisotopic (exact) mass is 382 g/mol. The lowest BCUT2D eigenvalue weighted by Crippen LogP contribution is -2.07. The molecule has 0 aliphatic heterocycles. The Labute approximate surface area is 133 Å². The second-order valence-electron chi connectivity index (χ2n) is 4.44. The van der Waals surface area contributed by atoms with Crippen molar-refractivity contribution in [2.75, 3.05) is 17.2 Å². The van der Waals surface area contributed by atoms with Crippen molar-refractivity contribution in [2.24, 2.45) is 0 Å². The molecule has 1 aromatic heterocycles. The average Bonchev–Trinajstić information content (AvgIpc) is 2.47. The number of nitrogens with zero attached hydrogens (tertiary/aromatic N) is 2. The summed E-state index contributed by atoms with van der Waals surface area (Å²) >= 11 is 2.31. The van der Waals surface area contributed by atoms with Gasteiger partial charge in [0, 0.05) is 22.6 Å². The number of para-hydroxylation sites is 1. The van der Waals surface area contributed by atoms with Crippen LogP contribution in [-0.2, 0) is 6.42 Å². The van der Waals surface area contributed by atoms with E-state index in [9.17, 15) is 0 Å². The van der Waals surface area contributed by atoms with Crippen molar-refractivity contribution >= 4 is 39.9 Å². The zero-order chi connectivity index (χ0) is 14.4. The molecule has 5 heteroatoms. The lowest BCUT2D eigenvalue weighted by Gasteiger charge is -2.11. The summed E-state index contributed by atoms with van der Waals surface area (Å²) in [5.41, 5.74) is 1.07. The molecule has 0 saturated heterocycles. The number of anilines is 3. The molecule has 1 heterocycles. The summed E-state index contributed by atoms with van der Waals surface area (Å²) in [6, 6.07) is 10.1. The van der Waals surface area contributed by atoms with Crippen LogP contribution < -0.4 is 10.6 Å². The summed E-state index contributed by atoms with van der Waals surface area (Å²) in [5.74, 6) is 2.56. The van der Waals surface area contributed by atoms with E-state index in [2.05, 4.69) is 69.2 Å². The van der Waals surface area contributed by atoms with Crippen LogP contribution in [0, 0.1) is 3.57 Å². The van der Waals surface area contributed by atoms with Crippen LogP contribution in [-0.4, -0.2) is 16.5 Å². The SMILES string of the molecule is CCCNc1cc(Nc2ccccc2I)nc(CC)n1. The molecule has 0 amide bonds. The predicted octanol–water partition coefficient (Wildman–Crippen LogP) is 4.21. The maximum atomic E-state index is 4.53. The third kappa shape index (κ3) is 4.06. The fourth-order valence-electron chi connectivity index (χ4n) is 1.76. The Morgan fingerprint density at radius 2 is 1.85 bits per heavy atom. The van der Waals surface area contributed by atoms with Gasteiger partial charge in [-0.25, -0.2) is 9.97 Å². The van der Waals surface area contributed by atoms with Crippen molar-refractivity contribution in [3.63, 3.8) is 0 Å². The highest BCUT2D eigenvalue weighted by Gasteiger charge is 2.05. The van der Waals surface area contributed by atoms with Crippen LogP contribution in [0.5, 0.6) is 0 Å². The summed E-state index contributed by atoms with van der Waals surface area (Å²) in [6.07, 6.45) is 1.90. The van der Waals surface area contributed by atoms with Gasteiger partial charge in [-0.05, 0) is 41.1 Å². The normalized spacial score (nSPS) is 10.3. The van der Waals surface area contributed by atoms with E-state index in [1.54, 1.807) is 0 Å². The lowest BCUT2D eigenvalue weighted by atomic mass is 10.3. The van der Waals surface area contributed by atoms with Gasteiger partial charge in [-0.15, -0.1) is 0 Å². The Morgan fingerprint density at radius 1 is 1.10 bits per heavy atom. The van der Waals surface area contributed by atoms with Crippen molar-refractivity contribution in [3.8, 4) is 0 Å². The molecule has 2 N–H and O–H groups in total. The molecule has 0 spiro atoms. The molecule has 2 aromatic rings. The molecule has 0 aliphatic rings. The molecule has 0 bridgehead atoms. The van der Waals surface area contributed by atoms with Gasteiger partial charge in [0.2, 0.25) is 0 Å². The topological polar surface area (TPSA) is 49.8 Å². The highest BCUT2D eigenvalue weighted by atomic mass is 127. The molecule has 4 nitrogen and oxygen atoms in total. The number of hydrogen-bond donors (Lipinski definition) is 2. The molecule has 20 heavy (non-hydrogen) atoms. The minimum Gasteiger partial charge on any atom is -0.370 e. The third-order valence-electron chi connectivity index (χ3n) is 2.78. The van der Waals surface area contributed by atoms with Crippen LogP contribution in [0.15, 0.2) is 30.3 Å². The van der Waals surface area contributed by atoms with E-state index < -0.39 is 0 Å². The number of benzene rings is 1. The number of rotatable bonds is 6. The molecule has 0 aliphatic carbocycles. The number of aromatic nitrogens is 2. The molecule has 0 unspecified atom stereocenters. The standard InChI is InChI=1S/C15H19IN4/c1-3-9-17-14-10-15(20-13(4-2)19-14)18-12-8-6-5-7-11(12)16/h5-8,10H,3-4,9H2,1-2H3,(H2,17,18,19,20). The minimum atomic E-state index is 0.822. The van der Waals surface area contributed by atoms with Crippen LogP contribution >= 0.6 is 22.6 Å². The number of hydrogen-bond acceptors (Lipinski definition) is 4. The number of nitrogens with one attached hydrogen (secondary N) is 2. The van der Waals surface area contributed by atoms with Crippen molar-refractivity contribution in [2.45, 2.75) is 26.7 Å². The fourth-order valence-corrected chi connectivity index (χ4v) is 2.29. The van der Waals surface area contributed by atoms with Gasteiger partial charge in [-0.2, -0.15) is 0 Å². The molecular formula is C15H19IN4. The van der Waals surface area contributed by atoms with Gasteiger partial charge in [0.05, 0.1) is 5.69 Å². The molecule has 106 valence electrons. The highest BCUT2D eigenvalue weighted by molar-refractivity contribution is 14.1. The van der Waals surface area contributed by atoms with E-state index in [0.717, 1.165) is 42.5 Å². The Hall–Kier alpha value is -1.37. The minimum absolute atomic E-state index is 0.822. The summed E-state index contributed by atoms with van der Waals surface area (Å²) in [7, 11) is 0. The molecule has 1 aromatic carbocycles. The van der Waals surface area contributed by atoms with Crippen LogP contribution in [0.1, 0.15) is 26.1 Å². The van der Waals surface area contributed by atoms with Crippen LogP contribution in [0.3, 0.4) is 0 Å². The Kier molecular flexibility index (Phi) is 5.58. The summed E-state index contributed by atoms with van der Waals surface area (Å²) in [4.78, 5) is 9.02. The average molecular weight is 382 g/mol. The third-order valence-corrected chi connectivity index (χ3v) is 3.72. The van der Waals surface area contributed by atoms with Crippen LogP contribution in [0.2, 0.25) is 0 Å². The molecular weight excluding hydrogens is 363 g/mol. The summed E-state index contributed by atoms with van der Waals surface area (Å²) < 4.78 is 1.17. The fraction of sp³-hybridized carbons (Fsp3) is 0.333. The molecule has 0 radical (unpaired) electrons. The van der Waals surface area contributed by atoms with Gasteiger partial charge in [-0.3, -0.25) is 0 Å². The van der Waals surface area contributed by atoms with E-state index in [0.29, 0.717) is 0 Å². The van der Waals surface area contributed by atoms with E-state index in [1.807, 2.05) is 18.2 Å². The van der Waals surface area contributed by atoms with Crippen molar-refractivity contribution in [1.29, 1.82) is 0 Å². The van der Waals surface area contributed by atoms with Crippen molar-refractivity contribution < 1.29 is 0 Å². The number of aryl methyl sites for hydroxylation is 1. The van der Waals surface area contributed by atoms with Crippen molar-refractivity contribution in [3.05, 3.63) is 39.7 Å². The summed E-state index contributed by atoms with van der Waals surface area (Å²) in [6.45, 7) is 5.12. The first-order chi connectivity index (χ1) is 9.72. The predicted molar refractivity (Wildman–Crippen MR) is 92.6 cm³/mol. The van der Waals surface area contributed by atoms with Gasteiger partial charge >= 0.3 is 0 Å². The second-order valence-corrected chi connectivity index (χ2v) is 5.60. The molecule has 0 fully saturated rings. The highest BCUT2D eigenvalue weighted by Crippen LogP contribution is 2.22. The van der Waals surface area contributed by atoms with Gasteiger partial charge in [0.1, 0.15) is 17.5 Å². The molecule has 2 rings (SSSR count). The first kappa shape index (κ1) is 15.0. The Bertz CT molecular complexity index is 572. The summed E-state index contributed by atoms with van der Waals surface area (Å²) in [5, 5.41) is 6.68. The zero-order valence-corrected chi connectivity index (χ0v) is 13.9. The first-order valence-corrected chi connectivity index (χ1v) is 7.94. The van der Waals surface area contributed by atoms with Gasteiger partial charge in [0.25, 0.3) is 0 Å².